The van der Waals surface area contributed by atoms with Crippen LogP contribution < -0.4 is 10.6 Å². The summed E-state index contributed by atoms with van der Waals surface area (Å²) in [4.78, 5) is 23.5. The Morgan fingerprint density at radius 2 is 2.00 bits per heavy atom. The lowest BCUT2D eigenvalue weighted by Gasteiger charge is -2.20. The van der Waals surface area contributed by atoms with Crippen LogP contribution in [0.5, 0.6) is 0 Å². The number of carbonyl (C=O) groups excluding carboxylic acids is 2. The lowest BCUT2D eigenvalue weighted by atomic mass is 10.0. The Kier molecular flexibility index (Phi) is 5.51. The molecule has 0 bridgehead atoms. The third-order valence-electron chi connectivity index (χ3n) is 3.91. The number of nitrogens with one attached hydrogen (secondary N) is 2. The molecule has 2 amide bonds. The van der Waals surface area contributed by atoms with Crippen LogP contribution in [0.25, 0.3) is 0 Å². The SMILES string of the molecule is CC(=O)NC(C(=O)NCc1nnc2n1CCCCC2)C(C)C. The number of hydrogen-bond donors (Lipinski definition) is 2. The molecule has 122 valence electrons. The third kappa shape index (κ3) is 4.05. The quantitative estimate of drug-likeness (QED) is 0.841. The minimum Gasteiger partial charge on any atom is -0.347 e. The topological polar surface area (TPSA) is 88.9 Å². The second kappa shape index (κ2) is 7.38. The van der Waals surface area contributed by atoms with Gasteiger partial charge in [-0.3, -0.25) is 9.59 Å². The standard InChI is InChI=1S/C15H25N5O2/c1-10(2)14(17-11(3)21)15(22)16-9-13-19-18-12-7-5-4-6-8-20(12)13/h10,14H,4-9H2,1-3H3,(H,16,22)(H,17,21). The van der Waals surface area contributed by atoms with Crippen LogP contribution >= 0.6 is 0 Å². The summed E-state index contributed by atoms with van der Waals surface area (Å²) >= 11 is 0. The Hall–Kier alpha value is -1.92. The molecule has 0 aromatic carbocycles. The monoisotopic (exact) mass is 307 g/mol. The molecule has 0 radical (unpaired) electrons. The molecule has 1 unspecified atom stereocenters. The molecule has 0 aliphatic carbocycles. The Morgan fingerprint density at radius 3 is 2.68 bits per heavy atom. The van der Waals surface area contributed by atoms with Crippen LogP contribution in [0.4, 0.5) is 0 Å². The first-order chi connectivity index (χ1) is 10.5. The maximum atomic E-state index is 12.3. The molecule has 2 N–H and O–H groups in total. The number of carbonyl (C=O) groups is 2. The first-order valence-corrected chi connectivity index (χ1v) is 7.94. The van der Waals surface area contributed by atoms with Gasteiger partial charge in [-0.1, -0.05) is 20.3 Å². The van der Waals surface area contributed by atoms with E-state index in [2.05, 4.69) is 25.4 Å². The first-order valence-electron chi connectivity index (χ1n) is 7.94. The van der Waals surface area contributed by atoms with E-state index in [1.165, 1.54) is 13.3 Å². The molecule has 0 saturated heterocycles. The first kappa shape index (κ1) is 16.5. The molecule has 2 rings (SSSR count). The highest BCUT2D eigenvalue weighted by Gasteiger charge is 2.23. The Morgan fingerprint density at radius 1 is 1.23 bits per heavy atom. The molecule has 2 heterocycles. The van der Waals surface area contributed by atoms with Gasteiger partial charge < -0.3 is 15.2 Å². The van der Waals surface area contributed by atoms with E-state index >= 15 is 0 Å². The Labute approximate surface area is 130 Å². The molecule has 7 nitrogen and oxygen atoms in total. The van der Waals surface area contributed by atoms with Crippen LogP contribution in [0, 0.1) is 5.92 Å². The molecule has 7 heteroatoms. The van der Waals surface area contributed by atoms with E-state index in [0.29, 0.717) is 6.54 Å². The predicted octanol–water partition coefficient (Wildman–Crippen LogP) is 0.781. The van der Waals surface area contributed by atoms with Gasteiger partial charge in [-0.2, -0.15) is 0 Å². The number of fused-ring (bicyclic) bond motifs is 1. The zero-order chi connectivity index (χ0) is 16.1. The van der Waals surface area contributed by atoms with Gasteiger partial charge in [0.1, 0.15) is 11.9 Å². The summed E-state index contributed by atoms with van der Waals surface area (Å²) in [5.74, 6) is 1.43. The Balaban J connectivity index is 1.98. The van der Waals surface area contributed by atoms with Crippen molar-refractivity contribution in [2.24, 2.45) is 5.92 Å². The fraction of sp³-hybridized carbons (Fsp3) is 0.733. The number of aryl methyl sites for hydroxylation is 1. The van der Waals surface area contributed by atoms with Crippen LogP contribution in [0.3, 0.4) is 0 Å². The van der Waals surface area contributed by atoms with Crippen molar-refractivity contribution in [3.63, 3.8) is 0 Å². The van der Waals surface area contributed by atoms with E-state index in [1.807, 2.05) is 13.8 Å². The zero-order valence-corrected chi connectivity index (χ0v) is 13.6. The number of amides is 2. The zero-order valence-electron chi connectivity index (χ0n) is 13.6. The Bertz CT molecular complexity index is 538. The van der Waals surface area contributed by atoms with E-state index in [4.69, 9.17) is 0 Å². The van der Waals surface area contributed by atoms with E-state index in [9.17, 15) is 9.59 Å². The molecule has 1 aliphatic rings. The molecule has 1 aliphatic heterocycles. The predicted molar refractivity (Wildman–Crippen MR) is 81.9 cm³/mol. The van der Waals surface area contributed by atoms with Gasteiger partial charge in [0, 0.05) is 19.9 Å². The summed E-state index contributed by atoms with van der Waals surface area (Å²) in [5, 5.41) is 14.0. The number of hydrogen-bond acceptors (Lipinski definition) is 4. The normalized spacial score (nSPS) is 15.8. The highest BCUT2D eigenvalue weighted by molar-refractivity contribution is 5.86. The van der Waals surface area contributed by atoms with Crippen molar-refractivity contribution in [3.05, 3.63) is 11.6 Å². The molecule has 0 saturated carbocycles. The fourth-order valence-electron chi connectivity index (χ4n) is 2.71. The van der Waals surface area contributed by atoms with Gasteiger partial charge in [-0.15, -0.1) is 10.2 Å². The van der Waals surface area contributed by atoms with Gasteiger partial charge >= 0.3 is 0 Å². The van der Waals surface area contributed by atoms with Crippen molar-refractivity contribution in [3.8, 4) is 0 Å². The molecule has 1 atom stereocenters. The smallest absolute Gasteiger partial charge is 0.243 e. The number of rotatable bonds is 5. The lowest BCUT2D eigenvalue weighted by molar-refractivity contribution is -0.129. The summed E-state index contributed by atoms with van der Waals surface area (Å²) in [6.45, 7) is 6.48. The van der Waals surface area contributed by atoms with E-state index < -0.39 is 6.04 Å². The third-order valence-corrected chi connectivity index (χ3v) is 3.91. The van der Waals surface area contributed by atoms with Gasteiger partial charge in [-0.25, -0.2) is 0 Å². The summed E-state index contributed by atoms with van der Waals surface area (Å²) in [7, 11) is 0. The summed E-state index contributed by atoms with van der Waals surface area (Å²) < 4.78 is 2.11. The maximum absolute atomic E-state index is 12.3. The van der Waals surface area contributed by atoms with Crippen LogP contribution in [0.2, 0.25) is 0 Å². The highest BCUT2D eigenvalue weighted by Crippen LogP contribution is 2.14. The largest absolute Gasteiger partial charge is 0.347 e. The van der Waals surface area contributed by atoms with Crippen LogP contribution in [-0.4, -0.2) is 32.6 Å². The van der Waals surface area contributed by atoms with Crippen molar-refractivity contribution in [1.82, 2.24) is 25.4 Å². The summed E-state index contributed by atoms with van der Waals surface area (Å²) in [6, 6.07) is -0.524. The van der Waals surface area contributed by atoms with Gasteiger partial charge in [0.15, 0.2) is 5.82 Å². The molecule has 1 aromatic rings. The molecular weight excluding hydrogens is 282 g/mol. The average molecular weight is 307 g/mol. The van der Waals surface area contributed by atoms with Gasteiger partial charge in [0.2, 0.25) is 11.8 Å². The number of aromatic nitrogens is 3. The fourth-order valence-corrected chi connectivity index (χ4v) is 2.71. The van der Waals surface area contributed by atoms with Crippen molar-refractivity contribution < 1.29 is 9.59 Å². The highest BCUT2D eigenvalue weighted by atomic mass is 16.2. The van der Waals surface area contributed by atoms with Crippen molar-refractivity contribution in [1.29, 1.82) is 0 Å². The summed E-state index contributed by atoms with van der Waals surface area (Å²) in [6.07, 6.45) is 4.41. The lowest BCUT2D eigenvalue weighted by Crippen LogP contribution is -2.49. The van der Waals surface area contributed by atoms with Crippen LogP contribution in [0.1, 0.15) is 51.7 Å². The van der Waals surface area contributed by atoms with Crippen LogP contribution in [0.15, 0.2) is 0 Å². The van der Waals surface area contributed by atoms with Crippen molar-refractivity contribution >= 4 is 11.8 Å². The second-order valence-corrected chi connectivity index (χ2v) is 6.13. The molecule has 0 spiro atoms. The maximum Gasteiger partial charge on any atom is 0.243 e. The van der Waals surface area contributed by atoms with E-state index in [-0.39, 0.29) is 17.7 Å². The second-order valence-electron chi connectivity index (χ2n) is 6.13. The van der Waals surface area contributed by atoms with E-state index in [0.717, 1.165) is 37.5 Å². The van der Waals surface area contributed by atoms with Crippen molar-refractivity contribution in [2.45, 2.75) is 65.6 Å². The average Bonchev–Trinajstić information content (AvgIpc) is 2.68. The summed E-state index contributed by atoms with van der Waals surface area (Å²) in [5.41, 5.74) is 0. The van der Waals surface area contributed by atoms with Gasteiger partial charge in [0.25, 0.3) is 0 Å². The molecule has 0 fully saturated rings. The van der Waals surface area contributed by atoms with Crippen LogP contribution in [-0.2, 0) is 29.1 Å². The van der Waals surface area contributed by atoms with Gasteiger partial charge in [-0.05, 0) is 18.8 Å². The van der Waals surface area contributed by atoms with Crippen molar-refractivity contribution in [2.75, 3.05) is 0 Å². The minimum atomic E-state index is -0.524. The van der Waals surface area contributed by atoms with E-state index in [1.54, 1.807) is 0 Å². The molecular formula is C15H25N5O2. The molecule has 22 heavy (non-hydrogen) atoms. The minimum absolute atomic E-state index is 0.0272. The molecule has 1 aromatic heterocycles. The van der Waals surface area contributed by atoms with Gasteiger partial charge in [0.05, 0.1) is 6.54 Å². The number of nitrogens with zero attached hydrogens (tertiary/aromatic N) is 3.